The molecule has 2 amide bonds. The van der Waals surface area contributed by atoms with Gasteiger partial charge < -0.3 is 15.4 Å². The van der Waals surface area contributed by atoms with Crippen LogP contribution in [-0.4, -0.2) is 31.7 Å². The van der Waals surface area contributed by atoms with Crippen LogP contribution >= 0.6 is 0 Å². The van der Waals surface area contributed by atoms with Crippen molar-refractivity contribution < 1.29 is 14.3 Å². The molecule has 0 unspecified atom stereocenters. The molecule has 0 bridgehead atoms. The number of nitrogens with one attached hydrogen (secondary N) is 2. The van der Waals surface area contributed by atoms with Crippen molar-refractivity contribution in [2.45, 2.75) is 13.3 Å². The van der Waals surface area contributed by atoms with Crippen LogP contribution in [0.25, 0.3) is 0 Å². The Hall–Kier alpha value is -1.52. The van der Waals surface area contributed by atoms with Crippen LogP contribution in [0.5, 0.6) is 0 Å². The van der Waals surface area contributed by atoms with E-state index in [2.05, 4.69) is 21.9 Å². The number of esters is 1. The predicted octanol–water partition coefficient (Wildman–Crippen LogP) is 0.425. The van der Waals surface area contributed by atoms with Crippen LogP contribution in [0.2, 0.25) is 0 Å². The van der Waals surface area contributed by atoms with E-state index in [0.717, 1.165) is 0 Å². The Morgan fingerprint density at radius 1 is 1.43 bits per heavy atom. The molecule has 0 heterocycles. The number of hydrogen-bond donors (Lipinski definition) is 2. The summed E-state index contributed by atoms with van der Waals surface area (Å²) in [6, 6.07) is -0.311. The molecule has 0 atom stereocenters. The zero-order valence-corrected chi connectivity index (χ0v) is 8.34. The smallest absolute Gasteiger partial charge is 0.315 e. The van der Waals surface area contributed by atoms with Crippen molar-refractivity contribution in [1.29, 1.82) is 0 Å². The highest BCUT2D eigenvalue weighted by Crippen LogP contribution is 1.83. The fraction of sp³-hybridized carbons (Fsp3) is 0.556. The number of amides is 2. The Labute approximate surface area is 83.5 Å². The molecule has 0 aromatic rings. The van der Waals surface area contributed by atoms with E-state index in [1.807, 2.05) is 0 Å². The topological polar surface area (TPSA) is 67.4 Å². The zero-order valence-electron chi connectivity index (χ0n) is 8.34. The highest BCUT2D eigenvalue weighted by molar-refractivity contribution is 5.75. The first-order valence-corrected chi connectivity index (χ1v) is 4.49. The van der Waals surface area contributed by atoms with Crippen LogP contribution < -0.4 is 10.6 Å². The third-order valence-electron chi connectivity index (χ3n) is 1.33. The standard InChI is InChI=1S/C9H16N2O3/c1-3-6-10-9(13)11-7-5-8(12)14-4-2/h3H,1,4-7H2,2H3,(H2,10,11,13). The largest absolute Gasteiger partial charge is 0.466 e. The average Bonchev–Trinajstić information content (AvgIpc) is 2.15. The fourth-order valence-electron chi connectivity index (χ4n) is 0.739. The molecule has 0 saturated carbocycles. The zero-order chi connectivity index (χ0) is 10.8. The molecule has 0 rings (SSSR count). The normalized spacial score (nSPS) is 8.93. The van der Waals surface area contributed by atoms with Crippen LogP contribution in [0.3, 0.4) is 0 Å². The minimum atomic E-state index is -0.311. The average molecular weight is 200 g/mol. The Kier molecular flexibility index (Phi) is 7.22. The van der Waals surface area contributed by atoms with Gasteiger partial charge in [-0.25, -0.2) is 4.79 Å². The fourth-order valence-corrected chi connectivity index (χ4v) is 0.739. The van der Waals surface area contributed by atoms with Crippen LogP contribution in [0.4, 0.5) is 4.79 Å². The Bertz CT molecular complexity index is 204. The van der Waals surface area contributed by atoms with Gasteiger partial charge in [-0.1, -0.05) is 6.08 Å². The SMILES string of the molecule is C=CCNC(=O)NCCC(=O)OCC. The third-order valence-corrected chi connectivity index (χ3v) is 1.33. The van der Waals surface area contributed by atoms with Crippen molar-refractivity contribution >= 4 is 12.0 Å². The third kappa shape index (κ3) is 7.15. The van der Waals surface area contributed by atoms with Gasteiger partial charge >= 0.3 is 12.0 Å². The molecule has 2 N–H and O–H groups in total. The summed E-state index contributed by atoms with van der Waals surface area (Å²) in [5, 5.41) is 5.03. The van der Waals surface area contributed by atoms with Gasteiger partial charge in [-0.3, -0.25) is 4.79 Å². The highest BCUT2D eigenvalue weighted by atomic mass is 16.5. The molecule has 0 aliphatic rings. The number of hydrogen-bond acceptors (Lipinski definition) is 3. The maximum Gasteiger partial charge on any atom is 0.315 e. The Morgan fingerprint density at radius 2 is 2.14 bits per heavy atom. The number of carbonyl (C=O) groups is 2. The van der Waals surface area contributed by atoms with E-state index in [-0.39, 0.29) is 25.0 Å². The molecule has 0 aliphatic heterocycles. The molecule has 80 valence electrons. The molecule has 14 heavy (non-hydrogen) atoms. The second-order valence-corrected chi connectivity index (χ2v) is 2.48. The molecule has 0 fully saturated rings. The molecule has 0 aromatic carbocycles. The highest BCUT2D eigenvalue weighted by Gasteiger charge is 2.02. The first-order valence-electron chi connectivity index (χ1n) is 4.49. The van der Waals surface area contributed by atoms with Gasteiger partial charge in [-0.2, -0.15) is 0 Å². The molecule has 5 nitrogen and oxygen atoms in total. The van der Waals surface area contributed by atoms with E-state index >= 15 is 0 Å². The quantitative estimate of drug-likeness (QED) is 0.482. The lowest BCUT2D eigenvalue weighted by Gasteiger charge is -2.05. The van der Waals surface area contributed by atoms with Gasteiger partial charge in [0.15, 0.2) is 0 Å². The van der Waals surface area contributed by atoms with E-state index in [1.165, 1.54) is 0 Å². The molecule has 5 heteroatoms. The maximum absolute atomic E-state index is 10.9. The molecule has 0 aromatic heterocycles. The van der Waals surface area contributed by atoms with Crippen LogP contribution in [0.15, 0.2) is 12.7 Å². The van der Waals surface area contributed by atoms with Gasteiger partial charge in [0.1, 0.15) is 0 Å². The summed E-state index contributed by atoms with van der Waals surface area (Å²) in [5.41, 5.74) is 0. The van der Waals surface area contributed by atoms with E-state index in [4.69, 9.17) is 0 Å². The Balaban J connectivity index is 3.39. The monoisotopic (exact) mass is 200 g/mol. The van der Waals surface area contributed by atoms with Crippen molar-refractivity contribution in [2.24, 2.45) is 0 Å². The van der Waals surface area contributed by atoms with Crippen LogP contribution in [0.1, 0.15) is 13.3 Å². The van der Waals surface area contributed by atoms with E-state index in [1.54, 1.807) is 13.0 Å². The lowest BCUT2D eigenvalue weighted by atomic mass is 10.4. The summed E-state index contributed by atoms with van der Waals surface area (Å²) in [4.78, 5) is 21.7. The van der Waals surface area contributed by atoms with E-state index < -0.39 is 0 Å². The molecule has 0 spiro atoms. The number of carbonyl (C=O) groups excluding carboxylic acids is 2. The van der Waals surface area contributed by atoms with Gasteiger partial charge in [0, 0.05) is 13.1 Å². The lowest BCUT2D eigenvalue weighted by molar-refractivity contribution is -0.142. The van der Waals surface area contributed by atoms with Gasteiger partial charge in [-0.05, 0) is 6.92 Å². The molecule has 0 aliphatic carbocycles. The maximum atomic E-state index is 10.9. The summed E-state index contributed by atoms with van der Waals surface area (Å²) >= 11 is 0. The predicted molar refractivity (Wildman–Crippen MR) is 52.8 cm³/mol. The van der Waals surface area contributed by atoms with Crippen molar-refractivity contribution in [3.63, 3.8) is 0 Å². The number of urea groups is 1. The lowest BCUT2D eigenvalue weighted by Crippen LogP contribution is -2.36. The summed E-state index contributed by atoms with van der Waals surface area (Å²) in [6.45, 7) is 6.24. The van der Waals surface area contributed by atoms with Crippen LogP contribution in [-0.2, 0) is 9.53 Å². The number of ether oxygens (including phenoxy) is 1. The second kappa shape index (κ2) is 8.10. The molecule has 0 radical (unpaired) electrons. The first-order chi connectivity index (χ1) is 6.70. The Morgan fingerprint density at radius 3 is 2.71 bits per heavy atom. The van der Waals surface area contributed by atoms with Crippen molar-refractivity contribution in [3.05, 3.63) is 12.7 Å². The molecular weight excluding hydrogens is 184 g/mol. The second-order valence-electron chi connectivity index (χ2n) is 2.48. The van der Waals surface area contributed by atoms with Crippen molar-refractivity contribution in [2.75, 3.05) is 19.7 Å². The van der Waals surface area contributed by atoms with E-state index in [9.17, 15) is 9.59 Å². The van der Waals surface area contributed by atoms with E-state index in [0.29, 0.717) is 13.2 Å². The number of rotatable bonds is 6. The van der Waals surface area contributed by atoms with Crippen molar-refractivity contribution in [3.8, 4) is 0 Å². The van der Waals surface area contributed by atoms with Gasteiger partial charge in [0.05, 0.1) is 13.0 Å². The summed E-state index contributed by atoms with van der Waals surface area (Å²) in [5.74, 6) is -0.309. The van der Waals surface area contributed by atoms with Crippen molar-refractivity contribution in [1.82, 2.24) is 10.6 Å². The first kappa shape index (κ1) is 12.5. The molecular formula is C9H16N2O3. The summed E-state index contributed by atoms with van der Waals surface area (Å²) in [6.07, 6.45) is 1.76. The van der Waals surface area contributed by atoms with Gasteiger partial charge in [0.2, 0.25) is 0 Å². The summed E-state index contributed by atoms with van der Waals surface area (Å²) in [7, 11) is 0. The minimum absolute atomic E-state index is 0.190. The molecule has 0 saturated heterocycles. The minimum Gasteiger partial charge on any atom is -0.466 e. The van der Waals surface area contributed by atoms with Gasteiger partial charge in [0.25, 0.3) is 0 Å². The van der Waals surface area contributed by atoms with Crippen LogP contribution in [0, 0.1) is 0 Å². The summed E-state index contributed by atoms with van der Waals surface area (Å²) < 4.78 is 4.68. The van der Waals surface area contributed by atoms with Gasteiger partial charge in [-0.15, -0.1) is 6.58 Å².